The summed E-state index contributed by atoms with van der Waals surface area (Å²) in [6, 6.07) is 11.2. The van der Waals surface area contributed by atoms with Crippen LogP contribution < -0.4 is 4.74 Å². The van der Waals surface area contributed by atoms with Crippen LogP contribution in [0.15, 0.2) is 53.3 Å². The number of benzene rings is 1. The number of rotatable bonds is 6. The maximum absolute atomic E-state index is 13.3. The average Bonchev–Trinajstić information content (AvgIpc) is 3.36. The van der Waals surface area contributed by atoms with Crippen LogP contribution in [-0.2, 0) is 17.8 Å². The van der Waals surface area contributed by atoms with Crippen LogP contribution in [0.4, 0.5) is 0 Å². The first-order chi connectivity index (χ1) is 16.6. The summed E-state index contributed by atoms with van der Waals surface area (Å²) in [6.07, 6.45) is 4.28. The molecule has 1 amide bonds. The van der Waals surface area contributed by atoms with Gasteiger partial charge in [-0.05, 0) is 50.6 Å². The Morgan fingerprint density at radius 1 is 1.24 bits per heavy atom. The van der Waals surface area contributed by atoms with Gasteiger partial charge in [0, 0.05) is 37.0 Å². The largest absolute Gasteiger partial charge is 0.489 e. The first kappa shape index (κ1) is 22.1. The second kappa shape index (κ2) is 9.64. The Labute approximate surface area is 197 Å². The van der Waals surface area contributed by atoms with Crippen molar-refractivity contribution in [2.45, 2.75) is 26.9 Å². The molecule has 1 aliphatic heterocycles. The zero-order chi connectivity index (χ0) is 23.5. The van der Waals surface area contributed by atoms with Crippen molar-refractivity contribution in [3.8, 4) is 5.75 Å². The van der Waals surface area contributed by atoms with Crippen LogP contribution in [0.3, 0.4) is 0 Å². The Bertz CT molecular complexity index is 1280. The SMILES string of the molecule is Cc1noc(C)c1COc1cccc(C(=O)N2CCOC[C@H](Cc3ccc4nccn4n3)C2)c1. The third-order valence-electron chi connectivity index (χ3n) is 6.08. The Morgan fingerprint density at radius 3 is 3.00 bits per heavy atom. The highest BCUT2D eigenvalue weighted by Crippen LogP contribution is 2.21. The number of imidazole rings is 1. The number of amides is 1. The molecule has 1 fully saturated rings. The summed E-state index contributed by atoms with van der Waals surface area (Å²) in [6.45, 7) is 6.34. The summed E-state index contributed by atoms with van der Waals surface area (Å²) >= 11 is 0. The van der Waals surface area contributed by atoms with Crippen LogP contribution in [0.1, 0.15) is 33.1 Å². The fourth-order valence-electron chi connectivity index (χ4n) is 4.21. The van der Waals surface area contributed by atoms with E-state index in [9.17, 15) is 4.79 Å². The average molecular weight is 462 g/mol. The monoisotopic (exact) mass is 461 g/mol. The van der Waals surface area contributed by atoms with Gasteiger partial charge in [-0.15, -0.1) is 0 Å². The summed E-state index contributed by atoms with van der Waals surface area (Å²) in [5.41, 5.74) is 4.08. The lowest BCUT2D eigenvalue weighted by atomic mass is 10.0. The van der Waals surface area contributed by atoms with Gasteiger partial charge in [0.15, 0.2) is 5.65 Å². The van der Waals surface area contributed by atoms with Crippen molar-refractivity contribution >= 4 is 11.6 Å². The Kier molecular flexibility index (Phi) is 6.27. The van der Waals surface area contributed by atoms with Crippen molar-refractivity contribution < 1.29 is 18.8 Å². The summed E-state index contributed by atoms with van der Waals surface area (Å²) in [5.74, 6) is 1.49. The van der Waals surface area contributed by atoms with Crippen molar-refractivity contribution in [1.82, 2.24) is 24.7 Å². The van der Waals surface area contributed by atoms with Gasteiger partial charge in [0.2, 0.25) is 0 Å². The smallest absolute Gasteiger partial charge is 0.254 e. The maximum atomic E-state index is 13.3. The molecule has 0 aliphatic carbocycles. The third kappa shape index (κ3) is 4.79. The number of ether oxygens (including phenoxy) is 2. The Hall–Kier alpha value is -3.72. The van der Waals surface area contributed by atoms with E-state index in [2.05, 4.69) is 15.2 Å². The lowest BCUT2D eigenvalue weighted by Gasteiger charge is -2.24. The molecule has 9 heteroatoms. The van der Waals surface area contributed by atoms with Crippen molar-refractivity contribution in [2.24, 2.45) is 5.92 Å². The zero-order valence-electron chi connectivity index (χ0n) is 19.3. The molecule has 1 aromatic carbocycles. The summed E-state index contributed by atoms with van der Waals surface area (Å²) in [5, 5.41) is 8.58. The van der Waals surface area contributed by atoms with Crippen LogP contribution in [-0.4, -0.2) is 56.9 Å². The predicted octanol–water partition coefficient (Wildman–Crippen LogP) is 3.24. The van der Waals surface area contributed by atoms with Crippen molar-refractivity contribution in [2.75, 3.05) is 26.3 Å². The van der Waals surface area contributed by atoms with Crippen LogP contribution in [0.2, 0.25) is 0 Å². The van der Waals surface area contributed by atoms with Crippen LogP contribution in [0.5, 0.6) is 5.75 Å². The van der Waals surface area contributed by atoms with Gasteiger partial charge < -0.3 is 18.9 Å². The second-order valence-corrected chi connectivity index (χ2v) is 8.57. The lowest BCUT2D eigenvalue weighted by Crippen LogP contribution is -2.36. The van der Waals surface area contributed by atoms with E-state index in [0.29, 0.717) is 44.2 Å². The molecule has 0 unspecified atom stereocenters. The van der Waals surface area contributed by atoms with Gasteiger partial charge in [0.05, 0.1) is 30.2 Å². The molecule has 5 rings (SSSR count). The molecule has 0 spiro atoms. The van der Waals surface area contributed by atoms with E-state index < -0.39 is 0 Å². The molecule has 0 radical (unpaired) electrons. The highest BCUT2D eigenvalue weighted by molar-refractivity contribution is 5.94. The minimum atomic E-state index is -0.0312. The van der Waals surface area contributed by atoms with E-state index in [-0.39, 0.29) is 11.8 Å². The van der Waals surface area contributed by atoms with Gasteiger partial charge in [-0.25, -0.2) is 9.50 Å². The van der Waals surface area contributed by atoms with E-state index >= 15 is 0 Å². The van der Waals surface area contributed by atoms with Crippen molar-refractivity contribution in [3.05, 3.63) is 77.1 Å². The Balaban J connectivity index is 1.26. The number of hydrogen-bond acceptors (Lipinski definition) is 7. The molecule has 1 aliphatic rings. The number of aryl methyl sites for hydroxylation is 2. The van der Waals surface area contributed by atoms with Crippen LogP contribution >= 0.6 is 0 Å². The zero-order valence-corrected chi connectivity index (χ0v) is 19.3. The highest BCUT2D eigenvalue weighted by Gasteiger charge is 2.24. The fraction of sp³-hybridized carbons (Fsp3) is 0.360. The van der Waals surface area contributed by atoms with Gasteiger partial charge in [0.25, 0.3) is 5.91 Å². The molecule has 0 N–H and O–H groups in total. The number of aromatic nitrogens is 4. The Morgan fingerprint density at radius 2 is 2.15 bits per heavy atom. The molecule has 1 atom stereocenters. The minimum absolute atomic E-state index is 0.0312. The highest BCUT2D eigenvalue weighted by atomic mass is 16.5. The van der Waals surface area contributed by atoms with E-state index in [1.165, 1.54) is 0 Å². The van der Waals surface area contributed by atoms with Gasteiger partial charge in [-0.3, -0.25) is 4.79 Å². The summed E-state index contributed by atoms with van der Waals surface area (Å²) < 4.78 is 18.7. The normalized spacial score (nSPS) is 16.5. The molecular weight excluding hydrogens is 434 g/mol. The standard InChI is InChI=1S/C25H27N5O4/c1-17-23(18(2)34-28-17)16-33-22-5-3-4-20(13-22)25(31)29-10-11-32-15-19(14-29)12-21-6-7-24-26-8-9-30(24)27-21/h3-9,13,19H,10-12,14-16H2,1-2H3/t19-/m1/s1. The topological polar surface area (TPSA) is 95.0 Å². The lowest BCUT2D eigenvalue weighted by molar-refractivity contribution is 0.0736. The molecule has 4 heterocycles. The first-order valence-electron chi connectivity index (χ1n) is 11.4. The molecular formula is C25H27N5O4. The number of fused-ring (bicyclic) bond motifs is 1. The molecule has 0 bridgehead atoms. The van der Waals surface area contributed by atoms with Gasteiger partial charge >= 0.3 is 0 Å². The number of carbonyl (C=O) groups excluding carboxylic acids is 1. The van der Waals surface area contributed by atoms with Crippen molar-refractivity contribution in [1.29, 1.82) is 0 Å². The maximum Gasteiger partial charge on any atom is 0.254 e. The first-order valence-corrected chi connectivity index (χ1v) is 11.4. The second-order valence-electron chi connectivity index (χ2n) is 8.57. The van der Waals surface area contributed by atoms with E-state index in [4.69, 9.17) is 14.0 Å². The predicted molar refractivity (Wildman–Crippen MR) is 124 cm³/mol. The minimum Gasteiger partial charge on any atom is -0.489 e. The number of carbonyl (C=O) groups is 1. The molecule has 4 aromatic rings. The van der Waals surface area contributed by atoms with Gasteiger partial charge in [-0.2, -0.15) is 5.10 Å². The van der Waals surface area contributed by atoms with Crippen LogP contribution in [0, 0.1) is 19.8 Å². The number of hydrogen-bond donors (Lipinski definition) is 0. The summed E-state index contributed by atoms with van der Waals surface area (Å²) in [4.78, 5) is 19.4. The van der Waals surface area contributed by atoms with Gasteiger partial charge in [-0.1, -0.05) is 11.2 Å². The van der Waals surface area contributed by atoms with Gasteiger partial charge in [0.1, 0.15) is 18.1 Å². The van der Waals surface area contributed by atoms with E-state index in [1.54, 1.807) is 16.8 Å². The third-order valence-corrected chi connectivity index (χ3v) is 6.08. The quantitative estimate of drug-likeness (QED) is 0.435. The van der Waals surface area contributed by atoms with Crippen LogP contribution in [0.25, 0.3) is 5.65 Å². The summed E-state index contributed by atoms with van der Waals surface area (Å²) in [7, 11) is 0. The van der Waals surface area contributed by atoms with Crippen molar-refractivity contribution in [3.63, 3.8) is 0 Å². The van der Waals surface area contributed by atoms with E-state index in [0.717, 1.165) is 34.8 Å². The molecule has 9 nitrogen and oxygen atoms in total. The molecule has 1 saturated heterocycles. The van der Waals surface area contributed by atoms with E-state index in [1.807, 2.05) is 55.3 Å². The fourth-order valence-corrected chi connectivity index (χ4v) is 4.21. The molecule has 0 saturated carbocycles. The molecule has 176 valence electrons. The molecule has 34 heavy (non-hydrogen) atoms. The number of nitrogens with zero attached hydrogens (tertiary/aromatic N) is 5. The molecule has 3 aromatic heterocycles.